The van der Waals surface area contributed by atoms with Gasteiger partial charge in [0.15, 0.2) is 0 Å². The maximum Gasteiger partial charge on any atom is 0.247 e. The van der Waals surface area contributed by atoms with Gasteiger partial charge in [0, 0.05) is 18.2 Å². The molecule has 178 valence electrons. The topological polar surface area (TPSA) is 88.1 Å². The van der Waals surface area contributed by atoms with E-state index in [-0.39, 0.29) is 23.5 Å². The maximum absolute atomic E-state index is 13.9. The molecule has 3 aromatic rings. The van der Waals surface area contributed by atoms with Crippen molar-refractivity contribution in [2.45, 2.75) is 23.4 Å². The molecule has 2 aliphatic heterocycles. The lowest BCUT2D eigenvalue weighted by molar-refractivity contribution is 0.210. The van der Waals surface area contributed by atoms with Gasteiger partial charge >= 0.3 is 0 Å². The SMILES string of the molecule is COc1cccc(-c2ccc3c(c2)[C@H]2[C@H](CCN2S(=O)(=O)c2ccccc2OC)[C@H](CO)N3)c1. The monoisotopic (exact) mass is 480 g/mol. The summed E-state index contributed by atoms with van der Waals surface area (Å²) in [5.74, 6) is 1.03. The van der Waals surface area contributed by atoms with Crippen molar-refractivity contribution in [1.29, 1.82) is 0 Å². The first kappa shape index (κ1) is 22.7. The second-order valence-corrected chi connectivity index (χ2v) is 10.5. The van der Waals surface area contributed by atoms with E-state index in [1.54, 1.807) is 35.7 Å². The highest BCUT2D eigenvalue weighted by Gasteiger charge is 2.49. The number of nitrogens with zero attached hydrogens (tertiary/aromatic N) is 1. The van der Waals surface area contributed by atoms with Crippen molar-refractivity contribution in [1.82, 2.24) is 4.31 Å². The summed E-state index contributed by atoms with van der Waals surface area (Å²) in [5.41, 5.74) is 3.71. The van der Waals surface area contributed by atoms with E-state index in [4.69, 9.17) is 9.47 Å². The van der Waals surface area contributed by atoms with E-state index in [9.17, 15) is 13.5 Å². The number of hydrogen-bond acceptors (Lipinski definition) is 6. The lowest BCUT2D eigenvalue weighted by Crippen LogP contribution is -2.42. The number of nitrogens with one attached hydrogen (secondary N) is 1. The number of methoxy groups -OCH3 is 2. The van der Waals surface area contributed by atoms with Crippen molar-refractivity contribution in [3.05, 3.63) is 72.3 Å². The molecular weight excluding hydrogens is 452 g/mol. The van der Waals surface area contributed by atoms with Gasteiger partial charge in [-0.05, 0) is 59.5 Å². The zero-order valence-corrected chi connectivity index (χ0v) is 20.0. The average molecular weight is 481 g/mol. The highest BCUT2D eigenvalue weighted by molar-refractivity contribution is 7.89. The first-order chi connectivity index (χ1) is 16.5. The van der Waals surface area contributed by atoms with Crippen LogP contribution in [-0.4, -0.2) is 51.2 Å². The molecule has 0 aliphatic carbocycles. The van der Waals surface area contributed by atoms with Crippen LogP contribution in [0.3, 0.4) is 0 Å². The van der Waals surface area contributed by atoms with Gasteiger partial charge < -0.3 is 19.9 Å². The molecule has 0 unspecified atom stereocenters. The van der Waals surface area contributed by atoms with Crippen molar-refractivity contribution >= 4 is 15.7 Å². The molecule has 2 N–H and O–H groups in total. The van der Waals surface area contributed by atoms with E-state index in [0.717, 1.165) is 28.1 Å². The fourth-order valence-corrected chi connectivity index (χ4v) is 7.05. The minimum atomic E-state index is -3.84. The van der Waals surface area contributed by atoms with E-state index < -0.39 is 16.1 Å². The lowest BCUT2D eigenvalue weighted by atomic mass is 9.82. The predicted molar refractivity (Wildman–Crippen MR) is 131 cm³/mol. The summed E-state index contributed by atoms with van der Waals surface area (Å²) >= 11 is 0. The fraction of sp³-hybridized carbons (Fsp3) is 0.308. The van der Waals surface area contributed by atoms with Gasteiger partial charge in [-0.15, -0.1) is 0 Å². The molecule has 1 fully saturated rings. The third-order valence-electron chi connectivity index (χ3n) is 6.88. The number of fused-ring (bicyclic) bond motifs is 3. The van der Waals surface area contributed by atoms with Crippen LogP contribution >= 0.6 is 0 Å². The average Bonchev–Trinajstić information content (AvgIpc) is 3.34. The fourth-order valence-electron chi connectivity index (χ4n) is 5.23. The van der Waals surface area contributed by atoms with Crippen LogP contribution in [0, 0.1) is 5.92 Å². The second-order valence-electron chi connectivity index (χ2n) is 8.63. The van der Waals surface area contributed by atoms with Gasteiger partial charge in [-0.2, -0.15) is 4.31 Å². The number of benzene rings is 3. The van der Waals surface area contributed by atoms with Gasteiger partial charge in [0.05, 0.1) is 32.9 Å². The molecule has 5 rings (SSSR count). The van der Waals surface area contributed by atoms with Crippen LogP contribution in [0.5, 0.6) is 11.5 Å². The van der Waals surface area contributed by atoms with Crippen molar-refractivity contribution in [3.8, 4) is 22.6 Å². The van der Waals surface area contributed by atoms with Crippen LogP contribution in [0.25, 0.3) is 11.1 Å². The molecule has 0 amide bonds. The molecule has 2 heterocycles. The Morgan fingerprint density at radius 1 is 1.00 bits per heavy atom. The Hall–Kier alpha value is -3.07. The van der Waals surface area contributed by atoms with Gasteiger partial charge in [-0.1, -0.05) is 30.3 Å². The molecule has 0 radical (unpaired) electrons. The summed E-state index contributed by atoms with van der Waals surface area (Å²) in [6, 6.07) is 19.9. The van der Waals surface area contributed by atoms with Crippen molar-refractivity contribution in [2.24, 2.45) is 5.92 Å². The van der Waals surface area contributed by atoms with Crippen LogP contribution in [0.1, 0.15) is 18.0 Å². The van der Waals surface area contributed by atoms with Crippen molar-refractivity contribution < 1.29 is 23.0 Å². The zero-order chi connectivity index (χ0) is 23.9. The number of hydrogen-bond donors (Lipinski definition) is 2. The molecule has 34 heavy (non-hydrogen) atoms. The highest BCUT2D eigenvalue weighted by Crippen LogP contribution is 2.49. The van der Waals surface area contributed by atoms with Crippen molar-refractivity contribution in [3.63, 3.8) is 0 Å². The van der Waals surface area contributed by atoms with Crippen molar-refractivity contribution in [2.75, 3.05) is 32.7 Å². The molecule has 3 atom stereocenters. The summed E-state index contributed by atoms with van der Waals surface area (Å²) in [6.07, 6.45) is 0.653. The Kier molecular flexibility index (Phi) is 5.97. The highest BCUT2D eigenvalue weighted by atomic mass is 32.2. The van der Waals surface area contributed by atoms with E-state index in [0.29, 0.717) is 18.7 Å². The van der Waals surface area contributed by atoms with Gasteiger partial charge in [-0.3, -0.25) is 0 Å². The molecule has 7 nitrogen and oxygen atoms in total. The first-order valence-corrected chi connectivity index (χ1v) is 12.7. The molecule has 0 saturated carbocycles. The summed E-state index contributed by atoms with van der Waals surface area (Å²) < 4.78 is 40.0. The lowest BCUT2D eigenvalue weighted by Gasteiger charge is -2.39. The molecular formula is C26H28N2O5S. The van der Waals surface area contributed by atoms with E-state index in [1.807, 2.05) is 36.4 Å². The minimum Gasteiger partial charge on any atom is -0.497 e. The van der Waals surface area contributed by atoms with Crippen LogP contribution in [0.4, 0.5) is 5.69 Å². The largest absolute Gasteiger partial charge is 0.497 e. The van der Waals surface area contributed by atoms with Gasteiger partial charge in [0.1, 0.15) is 16.4 Å². The molecule has 1 saturated heterocycles. The molecule has 2 aliphatic rings. The molecule has 0 bridgehead atoms. The van der Waals surface area contributed by atoms with E-state index in [2.05, 4.69) is 11.4 Å². The Morgan fingerprint density at radius 2 is 1.79 bits per heavy atom. The summed E-state index contributed by atoms with van der Waals surface area (Å²) in [5, 5.41) is 13.5. The minimum absolute atomic E-state index is 0.0532. The molecule has 8 heteroatoms. The number of rotatable bonds is 6. The van der Waals surface area contributed by atoms with Gasteiger partial charge in [0.2, 0.25) is 10.0 Å². The third kappa shape index (κ3) is 3.72. The van der Waals surface area contributed by atoms with Crippen LogP contribution in [-0.2, 0) is 10.0 Å². The van der Waals surface area contributed by atoms with Crippen LogP contribution in [0.15, 0.2) is 71.6 Å². The standard InChI is InChI=1S/C26H28N2O5S/c1-32-19-7-5-6-17(14-19)18-10-11-22-21(15-18)26-20(23(16-29)27-22)12-13-28(26)34(30,31)25-9-4-3-8-24(25)33-2/h3-11,14-15,20,23,26-27,29H,12-13,16H2,1-2H3/t20-,23+,26-/m1/s1. The number of aliphatic hydroxyl groups is 1. The number of sulfonamides is 1. The smallest absolute Gasteiger partial charge is 0.247 e. The van der Waals surface area contributed by atoms with Gasteiger partial charge in [-0.25, -0.2) is 8.42 Å². The van der Waals surface area contributed by atoms with Crippen LogP contribution in [0.2, 0.25) is 0 Å². The van der Waals surface area contributed by atoms with Gasteiger partial charge in [0.25, 0.3) is 0 Å². The summed E-state index contributed by atoms with van der Waals surface area (Å²) in [6.45, 7) is 0.303. The molecule has 0 spiro atoms. The Labute approximate surface area is 200 Å². The zero-order valence-electron chi connectivity index (χ0n) is 19.1. The number of aliphatic hydroxyl groups excluding tert-OH is 1. The molecule has 3 aromatic carbocycles. The Balaban J connectivity index is 1.62. The summed E-state index contributed by atoms with van der Waals surface area (Å²) in [7, 11) is -0.727. The molecule has 0 aromatic heterocycles. The van der Waals surface area contributed by atoms with Crippen LogP contribution < -0.4 is 14.8 Å². The number of anilines is 1. The quantitative estimate of drug-likeness (QED) is 0.556. The first-order valence-electron chi connectivity index (χ1n) is 11.3. The number of para-hydroxylation sites is 1. The number of ether oxygens (including phenoxy) is 2. The summed E-state index contributed by atoms with van der Waals surface area (Å²) in [4.78, 5) is 0.155. The maximum atomic E-state index is 13.9. The Morgan fingerprint density at radius 3 is 2.56 bits per heavy atom. The third-order valence-corrected chi connectivity index (χ3v) is 8.80. The predicted octanol–water partition coefficient (Wildman–Crippen LogP) is 3.91. The Bertz CT molecular complexity index is 1310. The van der Waals surface area contributed by atoms with E-state index >= 15 is 0 Å². The second kappa shape index (κ2) is 8.94. The van der Waals surface area contributed by atoms with E-state index in [1.165, 1.54) is 7.11 Å². The normalized spacial score (nSPS) is 21.9.